The van der Waals surface area contributed by atoms with E-state index in [0.29, 0.717) is 12.4 Å². The van der Waals surface area contributed by atoms with Crippen molar-refractivity contribution in [3.63, 3.8) is 0 Å². The molecule has 5 heteroatoms. The van der Waals surface area contributed by atoms with Gasteiger partial charge in [0.1, 0.15) is 19.0 Å². The third-order valence-electron chi connectivity index (χ3n) is 4.52. The first-order valence-corrected chi connectivity index (χ1v) is 10.6. The summed E-state index contributed by atoms with van der Waals surface area (Å²) in [6.45, 7) is 3.99. The zero-order valence-electron chi connectivity index (χ0n) is 17.5. The summed E-state index contributed by atoms with van der Waals surface area (Å²) in [5, 5.41) is 0. The number of benzene rings is 1. The highest BCUT2D eigenvalue weighted by molar-refractivity contribution is 5.75. The van der Waals surface area contributed by atoms with Gasteiger partial charge in [-0.15, -0.1) is 0 Å². The Hall–Kier alpha value is -1.88. The molecule has 0 aliphatic carbocycles. The van der Waals surface area contributed by atoms with Crippen molar-refractivity contribution in [1.82, 2.24) is 0 Å². The number of hydrogen-bond acceptors (Lipinski definition) is 5. The van der Waals surface area contributed by atoms with Gasteiger partial charge in [-0.05, 0) is 25.0 Å². The number of carbonyl (C=O) groups is 2. The molecule has 0 N–H and O–H groups in total. The van der Waals surface area contributed by atoms with E-state index < -0.39 is 11.9 Å². The van der Waals surface area contributed by atoms with Crippen molar-refractivity contribution in [2.24, 2.45) is 0 Å². The molecule has 0 atom stereocenters. The Morgan fingerprint density at radius 3 is 2.00 bits per heavy atom. The molecule has 0 fully saturated rings. The Morgan fingerprint density at radius 1 is 0.786 bits per heavy atom. The molecule has 0 heterocycles. The minimum Gasteiger partial charge on any atom is -0.464 e. The van der Waals surface area contributed by atoms with Crippen molar-refractivity contribution < 1.29 is 23.8 Å². The van der Waals surface area contributed by atoms with Crippen LogP contribution in [0, 0.1) is 6.92 Å². The van der Waals surface area contributed by atoms with Gasteiger partial charge in [-0.25, -0.2) is 9.59 Å². The molecule has 1 aromatic carbocycles. The quantitative estimate of drug-likeness (QED) is 0.215. The lowest BCUT2D eigenvalue weighted by molar-refractivity contribution is -0.152. The molecule has 0 amide bonds. The van der Waals surface area contributed by atoms with E-state index in [-0.39, 0.29) is 13.2 Å². The minimum absolute atomic E-state index is 0.235. The first kappa shape index (κ1) is 24.2. The maximum atomic E-state index is 11.7. The second kappa shape index (κ2) is 16.1. The molecule has 0 unspecified atom stereocenters. The average molecular weight is 393 g/mol. The molecule has 0 saturated carbocycles. The molecule has 0 radical (unpaired) electrons. The molecule has 0 aliphatic heterocycles. The third-order valence-corrected chi connectivity index (χ3v) is 4.52. The zero-order chi connectivity index (χ0) is 20.5. The van der Waals surface area contributed by atoms with Crippen LogP contribution < -0.4 is 4.74 Å². The molecule has 0 aliphatic rings. The van der Waals surface area contributed by atoms with Crippen LogP contribution in [0.3, 0.4) is 0 Å². The highest BCUT2D eigenvalue weighted by Crippen LogP contribution is 2.16. The summed E-state index contributed by atoms with van der Waals surface area (Å²) < 4.78 is 15.4. The lowest BCUT2D eigenvalue weighted by Crippen LogP contribution is -2.20. The van der Waals surface area contributed by atoms with Gasteiger partial charge < -0.3 is 14.2 Å². The zero-order valence-corrected chi connectivity index (χ0v) is 17.5. The summed E-state index contributed by atoms with van der Waals surface area (Å²) in [6, 6.07) is 7.23. The van der Waals surface area contributed by atoms with Crippen LogP contribution in [-0.4, -0.2) is 31.8 Å². The van der Waals surface area contributed by atoms with Crippen LogP contribution >= 0.6 is 0 Å². The Labute approximate surface area is 169 Å². The lowest BCUT2D eigenvalue weighted by Gasteiger charge is -2.08. The van der Waals surface area contributed by atoms with Crippen molar-refractivity contribution in [1.29, 1.82) is 0 Å². The Balaban J connectivity index is 1.93. The Bertz CT molecular complexity index is 556. The van der Waals surface area contributed by atoms with Gasteiger partial charge in [-0.3, -0.25) is 0 Å². The highest BCUT2D eigenvalue weighted by atomic mass is 16.6. The predicted molar refractivity (Wildman–Crippen MR) is 110 cm³/mol. The number of carbonyl (C=O) groups excluding carboxylic acids is 2. The Kier molecular flexibility index (Phi) is 13.9. The van der Waals surface area contributed by atoms with Gasteiger partial charge in [0.15, 0.2) is 0 Å². The summed E-state index contributed by atoms with van der Waals surface area (Å²) in [5.41, 5.74) is 0.867. The summed E-state index contributed by atoms with van der Waals surface area (Å²) >= 11 is 0. The number of para-hydroxylation sites is 1. The fourth-order valence-electron chi connectivity index (χ4n) is 2.86. The van der Waals surface area contributed by atoms with Crippen LogP contribution in [0.5, 0.6) is 5.75 Å². The second-order valence-electron chi connectivity index (χ2n) is 7.13. The molecule has 1 rings (SSSR count). The first-order chi connectivity index (χ1) is 13.6. The summed E-state index contributed by atoms with van der Waals surface area (Å²) in [4.78, 5) is 23.3. The monoisotopic (exact) mass is 392 g/mol. The second-order valence-corrected chi connectivity index (χ2v) is 7.13. The molecular formula is C23H36O5. The van der Waals surface area contributed by atoms with Gasteiger partial charge in [0.05, 0.1) is 6.61 Å². The van der Waals surface area contributed by atoms with Crippen molar-refractivity contribution in [3.05, 3.63) is 29.8 Å². The fourth-order valence-corrected chi connectivity index (χ4v) is 2.86. The first-order valence-electron chi connectivity index (χ1n) is 10.6. The van der Waals surface area contributed by atoms with Crippen LogP contribution in [0.1, 0.15) is 76.7 Å². The number of esters is 2. The van der Waals surface area contributed by atoms with Crippen molar-refractivity contribution in [3.8, 4) is 5.75 Å². The van der Waals surface area contributed by atoms with Gasteiger partial charge in [0.2, 0.25) is 0 Å². The number of rotatable bonds is 16. The van der Waals surface area contributed by atoms with Crippen LogP contribution in [0.4, 0.5) is 0 Å². The average Bonchev–Trinajstić information content (AvgIpc) is 2.68. The molecule has 0 spiro atoms. The molecule has 0 saturated heterocycles. The largest absolute Gasteiger partial charge is 0.464 e. The lowest BCUT2D eigenvalue weighted by atomic mass is 10.1. The molecule has 158 valence electrons. The van der Waals surface area contributed by atoms with Crippen molar-refractivity contribution >= 4 is 11.9 Å². The van der Waals surface area contributed by atoms with Crippen LogP contribution in [0.15, 0.2) is 24.3 Å². The number of unbranched alkanes of at least 4 members (excludes halogenated alkanes) is 9. The topological polar surface area (TPSA) is 61.8 Å². The van der Waals surface area contributed by atoms with E-state index in [2.05, 4.69) is 6.92 Å². The van der Waals surface area contributed by atoms with E-state index in [9.17, 15) is 9.59 Å². The normalized spacial score (nSPS) is 10.6. The van der Waals surface area contributed by atoms with Crippen LogP contribution in [0.2, 0.25) is 0 Å². The Morgan fingerprint density at radius 2 is 1.36 bits per heavy atom. The summed E-state index contributed by atoms with van der Waals surface area (Å²) in [7, 11) is 0. The highest BCUT2D eigenvalue weighted by Gasteiger charge is 2.09. The summed E-state index contributed by atoms with van der Waals surface area (Å²) in [5.74, 6) is -0.476. The van der Waals surface area contributed by atoms with Gasteiger partial charge in [0.25, 0.3) is 0 Å². The molecule has 5 nitrogen and oxygen atoms in total. The minimum atomic E-state index is -0.531. The predicted octanol–water partition coefficient (Wildman–Crippen LogP) is 5.38. The van der Waals surface area contributed by atoms with Gasteiger partial charge in [-0.2, -0.15) is 0 Å². The maximum absolute atomic E-state index is 11.7. The van der Waals surface area contributed by atoms with Crippen molar-refractivity contribution in [2.45, 2.75) is 78.1 Å². The van der Waals surface area contributed by atoms with Gasteiger partial charge in [-0.1, -0.05) is 82.9 Å². The number of hydrogen-bond donors (Lipinski definition) is 0. The van der Waals surface area contributed by atoms with E-state index in [1.165, 1.54) is 51.4 Å². The SMILES string of the molecule is CCCCCCCCCCCCOC(=O)COCC(=O)Oc1ccccc1C. The smallest absolute Gasteiger partial charge is 0.337 e. The van der Waals surface area contributed by atoms with Gasteiger partial charge >= 0.3 is 11.9 Å². The molecule has 0 bridgehead atoms. The number of ether oxygens (including phenoxy) is 3. The maximum Gasteiger partial charge on any atom is 0.337 e. The van der Waals surface area contributed by atoms with Gasteiger partial charge in [0, 0.05) is 0 Å². The molecule has 0 aromatic heterocycles. The number of aryl methyl sites for hydroxylation is 1. The van der Waals surface area contributed by atoms with E-state index in [1.54, 1.807) is 12.1 Å². The van der Waals surface area contributed by atoms with E-state index >= 15 is 0 Å². The fraction of sp³-hybridized carbons (Fsp3) is 0.652. The third kappa shape index (κ3) is 12.5. The van der Waals surface area contributed by atoms with Crippen molar-refractivity contribution in [2.75, 3.05) is 19.8 Å². The molecule has 28 heavy (non-hydrogen) atoms. The van der Waals surface area contributed by atoms with Crippen LogP contribution in [0.25, 0.3) is 0 Å². The van der Waals surface area contributed by atoms with E-state index in [1.807, 2.05) is 19.1 Å². The summed E-state index contributed by atoms with van der Waals surface area (Å²) in [6.07, 6.45) is 12.4. The standard InChI is InChI=1S/C23H36O5/c1-3-4-5-6-7-8-9-10-11-14-17-27-22(24)18-26-19-23(25)28-21-16-13-12-15-20(21)2/h12-13,15-16H,3-11,14,17-19H2,1-2H3. The van der Waals surface area contributed by atoms with E-state index in [4.69, 9.17) is 14.2 Å². The molecular weight excluding hydrogens is 356 g/mol. The van der Waals surface area contributed by atoms with E-state index in [0.717, 1.165) is 18.4 Å². The van der Waals surface area contributed by atoms with Crippen LogP contribution in [-0.2, 0) is 19.1 Å². The molecule has 1 aromatic rings.